The van der Waals surface area contributed by atoms with E-state index in [1.807, 2.05) is 0 Å². The van der Waals surface area contributed by atoms with Crippen molar-refractivity contribution in [3.05, 3.63) is 18.2 Å². The topological polar surface area (TPSA) is 69.4 Å². The number of benzene rings is 1. The molecule has 0 unspecified atom stereocenters. The highest BCUT2D eigenvalue weighted by Gasteiger charge is 2.16. The number of methoxy groups -OCH3 is 1. The highest BCUT2D eigenvalue weighted by atomic mass is 32.3. The van der Waals surface area contributed by atoms with Crippen LogP contribution >= 0.6 is 0 Å². The number of rotatable bonds is 2. The summed E-state index contributed by atoms with van der Waals surface area (Å²) in [5, 5.41) is 0. The number of ether oxygens (including phenoxy) is 1. The lowest BCUT2D eigenvalue weighted by Crippen LogP contribution is -1.99. The molecule has 0 aromatic heterocycles. The van der Waals surface area contributed by atoms with Gasteiger partial charge in [-0.25, -0.2) is 0 Å². The highest BCUT2D eigenvalue weighted by molar-refractivity contribution is 7.86. The van der Waals surface area contributed by atoms with Crippen molar-refractivity contribution in [3.8, 4) is 5.75 Å². The molecule has 0 spiro atoms. The maximum Gasteiger partial charge on any atom is 0.334 e. The molecule has 13 heavy (non-hydrogen) atoms. The fourth-order valence-electron chi connectivity index (χ4n) is 0.853. The molecule has 1 aromatic carbocycles. The Labute approximate surface area is 75.3 Å². The van der Waals surface area contributed by atoms with Gasteiger partial charge in [0.05, 0.1) is 12.8 Å². The van der Waals surface area contributed by atoms with E-state index in [4.69, 9.17) is 10.5 Å². The largest absolute Gasteiger partial charge is 0.497 e. The molecule has 0 fully saturated rings. The van der Waals surface area contributed by atoms with E-state index in [0.29, 0.717) is 0 Å². The van der Waals surface area contributed by atoms with Crippen molar-refractivity contribution in [2.45, 2.75) is 4.90 Å². The van der Waals surface area contributed by atoms with Gasteiger partial charge in [-0.2, -0.15) is 8.42 Å². The van der Waals surface area contributed by atoms with Gasteiger partial charge in [0, 0.05) is 6.07 Å². The van der Waals surface area contributed by atoms with E-state index in [1.165, 1.54) is 19.2 Å². The second kappa shape index (κ2) is 3.21. The van der Waals surface area contributed by atoms with E-state index in [0.717, 1.165) is 6.07 Å². The quantitative estimate of drug-likeness (QED) is 0.576. The van der Waals surface area contributed by atoms with Gasteiger partial charge >= 0.3 is 10.2 Å². The Morgan fingerprint density at radius 2 is 2.08 bits per heavy atom. The molecule has 0 saturated heterocycles. The lowest BCUT2D eigenvalue weighted by Gasteiger charge is -2.03. The fraction of sp³-hybridized carbons (Fsp3) is 0.143. The third-order valence-electron chi connectivity index (χ3n) is 1.48. The summed E-state index contributed by atoms with van der Waals surface area (Å²) in [5.41, 5.74) is 5.12. The van der Waals surface area contributed by atoms with Crippen LogP contribution in [0.5, 0.6) is 5.75 Å². The molecule has 2 N–H and O–H groups in total. The van der Waals surface area contributed by atoms with Crippen molar-refractivity contribution in [2.24, 2.45) is 0 Å². The summed E-state index contributed by atoms with van der Waals surface area (Å²) in [5.74, 6) is 0.241. The first kappa shape index (κ1) is 9.79. The maximum absolute atomic E-state index is 12.5. The third-order valence-corrected chi connectivity index (χ3v) is 2.36. The summed E-state index contributed by atoms with van der Waals surface area (Å²) < 4.78 is 38.3. The SMILES string of the molecule is COc1ccc(N)c(S(=O)(=O)F)c1. The van der Waals surface area contributed by atoms with Crippen molar-refractivity contribution in [1.29, 1.82) is 0 Å². The fourth-order valence-corrected chi connectivity index (χ4v) is 1.46. The van der Waals surface area contributed by atoms with E-state index >= 15 is 0 Å². The Morgan fingerprint density at radius 3 is 2.54 bits per heavy atom. The van der Waals surface area contributed by atoms with Crippen LogP contribution in [0.2, 0.25) is 0 Å². The lowest BCUT2D eigenvalue weighted by atomic mass is 10.3. The molecule has 0 heterocycles. The minimum Gasteiger partial charge on any atom is -0.497 e. The van der Waals surface area contributed by atoms with Crippen molar-refractivity contribution in [1.82, 2.24) is 0 Å². The minimum absolute atomic E-state index is 0.136. The van der Waals surface area contributed by atoms with Gasteiger partial charge in [-0.3, -0.25) is 0 Å². The third kappa shape index (κ3) is 2.09. The second-order valence-corrected chi connectivity index (χ2v) is 3.66. The number of nitrogens with two attached hydrogens (primary N) is 1. The van der Waals surface area contributed by atoms with Crippen molar-refractivity contribution in [2.75, 3.05) is 12.8 Å². The van der Waals surface area contributed by atoms with E-state index in [2.05, 4.69) is 0 Å². The average molecular weight is 205 g/mol. The monoisotopic (exact) mass is 205 g/mol. The van der Waals surface area contributed by atoms with Crippen molar-refractivity contribution in [3.63, 3.8) is 0 Å². The van der Waals surface area contributed by atoms with Gasteiger partial charge in [-0.05, 0) is 12.1 Å². The highest BCUT2D eigenvalue weighted by Crippen LogP contribution is 2.25. The van der Waals surface area contributed by atoms with Crippen LogP contribution in [0.4, 0.5) is 9.57 Å². The van der Waals surface area contributed by atoms with Crippen molar-refractivity contribution < 1.29 is 17.0 Å². The molecule has 6 heteroatoms. The molecule has 0 amide bonds. The van der Waals surface area contributed by atoms with Crippen LogP contribution in [0.15, 0.2) is 23.1 Å². The molecular formula is C7H8FNO3S. The number of halogens is 1. The van der Waals surface area contributed by atoms with E-state index in [1.54, 1.807) is 0 Å². The van der Waals surface area contributed by atoms with Gasteiger partial charge < -0.3 is 10.5 Å². The predicted octanol–water partition coefficient (Wildman–Crippen LogP) is 0.936. The molecule has 4 nitrogen and oxygen atoms in total. The molecule has 0 bridgehead atoms. The smallest absolute Gasteiger partial charge is 0.334 e. The van der Waals surface area contributed by atoms with Crippen LogP contribution in [-0.2, 0) is 10.2 Å². The van der Waals surface area contributed by atoms with Crippen LogP contribution in [-0.4, -0.2) is 15.5 Å². The minimum atomic E-state index is -4.77. The summed E-state index contributed by atoms with van der Waals surface area (Å²) in [4.78, 5) is -0.563. The molecule has 72 valence electrons. The Kier molecular flexibility index (Phi) is 2.42. The van der Waals surface area contributed by atoms with Gasteiger partial charge in [0.2, 0.25) is 0 Å². The Hall–Kier alpha value is -1.30. The van der Waals surface area contributed by atoms with Crippen molar-refractivity contribution >= 4 is 15.9 Å². The number of nitrogen functional groups attached to an aromatic ring is 1. The predicted molar refractivity (Wildman–Crippen MR) is 45.7 cm³/mol. The normalized spacial score (nSPS) is 11.2. The van der Waals surface area contributed by atoms with Crippen LogP contribution in [0, 0.1) is 0 Å². The van der Waals surface area contributed by atoms with Gasteiger partial charge in [-0.15, -0.1) is 3.89 Å². The zero-order valence-electron chi connectivity index (χ0n) is 6.82. The Bertz CT molecular complexity index is 416. The van der Waals surface area contributed by atoms with Gasteiger partial charge in [0.1, 0.15) is 10.6 Å². The average Bonchev–Trinajstić information content (AvgIpc) is 2.03. The Balaban J connectivity index is 3.36. The molecule has 0 radical (unpaired) electrons. The lowest BCUT2D eigenvalue weighted by molar-refractivity contribution is 0.413. The van der Waals surface area contributed by atoms with Crippen LogP contribution in [0.1, 0.15) is 0 Å². The van der Waals surface area contributed by atoms with Gasteiger partial charge in [0.15, 0.2) is 0 Å². The summed E-state index contributed by atoms with van der Waals surface area (Å²) in [6.45, 7) is 0. The first-order valence-electron chi connectivity index (χ1n) is 3.33. The van der Waals surface area contributed by atoms with Gasteiger partial charge in [-0.1, -0.05) is 0 Å². The van der Waals surface area contributed by atoms with Crippen LogP contribution < -0.4 is 10.5 Å². The standard InChI is InChI=1S/C7H8FNO3S/c1-12-5-2-3-6(9)7(4-5)13(8,10)11/h2-4H,9H2,1H3. The first-order chi connectivity index (χ1) is 5.95. The molecular weight excluding hydrogens is 197 g/mol. The maximum atomic E-state index is 12.5. The molecule has 0 aliphatic carbocycles. The summed E-state index contributed by atoms with van der Waals surface area (Å²) >= 11 is 0. The molecule has 0 atom stereocenters. The van der Waals surface area contributed by atoms with E-state index in [9.17, 15) is 12.3 Å². The molecule has 1 rings (SSSR count). The number of hydrogen-bond acceptors (Lipinski definition) is 4. The van der Waals surface area contributed by atoms with Crippen LogP contribution in [0.3, 0.4) is 0 Å². The zero-order chi connectivity index (χ0) is 10.1. The molecule has 0 aliphatic rings. The summed E-state index contributed by atoms with van der Waals surface area (Å²) in [6.07, 6.45) is 0. The van der Waals surface area contributed by atoms with E-state index < -0.39 is 15.1 Å². The summed E-state index contributed by atoms with van der Waals surface area (Å²) in [7, 11) is -3.42. The first-order valence-corrected chi connectivity index (χ1v) is 4.71. The number of hydrogen-bond donors (Lipinski definition) is 1. The Morgan fingerprint density at radius 1 is 1.46 bits per heavy atom. The number of anilines is 1. The zero-order valence-corrected chi connectivity index (χ0v) is 7.64. The molecule has 1 aromatic rings. The molecule has 0 aliphatic heterocycles. The summed E-state index contributed by atoms with van der Waals surface area (Å²) in [6, 6.07) is 3.75. The second-order valence-electron chi connectivity index (χ2n) is 2.34. The van der Waals surface area contributed by atoms with E-state index in [-0.39, 0.29) is 11.4 Å². The van der Waals surface area contributed by atoms with Gasteiger partial charge in [0.25, 0.3) is 0 Å². The van der Waals surface area contributed by atoms with Crippen LogP contribution in [0.25, 0.3) is 0 Å². The molecule has 0 saturated carbocycles.